The lowest BCUT2D eigenvalue weighted by molar-refractivity contribution is -0.0510. The molecule has 0 atom stereocenters. The van der Waals surface area contributed by atoms with Crippen molar-refractivity contribution >= 4 is 0 Å². The van der Waals surface area contributed by atoms with Gasteiger partial charge >= 0.3 is 0 Å². The predicted octanol–water partition coefficient (Wildman–Crippen LogP) is 2.88. The number of rotatable bonds is 1. The lowest BCUT2D eigenvalue weighted by atomic mass is 9.90. The standard InChI is InChI=1S/C11H20O2/c1-8(2)7-9-12-10(3,4)11(5,6)13-9/h7,9H,1-6H3. The smallest absolute Gasteiger partial charge is 0.178 e. The van der Waals surface area contributed by atoms with Gasteiger partial charge in [-0.1, -0.05) is 5.57 Å². The Morgan fingerprint density at radius 2 is 1.38 bits per heavy atom. The fourth-order valence-electron chi connectivity index (χ4n) is 1.23. The third kappa shape index (κ3) is 2.12. The summed E-state index contributed by atoms with van der Waals surface area (Å²) in [6.45, 7) is 12.3. The molecular weight excluding hydrogens is 164 g/mol. The van der Waals surface area contributed by atoms with Gasteiger partial charge in [-0.3, -0.25) is 0 Å². The first-order valence-electron chi connectivity index (χ1n) is 4.75. The van der Waals surface area contributed by atoms with Crippen LogP contribution in [-0.2, 0) is 9.47 Å². The van der Waals surface area contributed by atoms with E-state index in [0.717, 1.165) is 0 Å². The van der Waals surface area contributed by atoms with E-state index in [1.165, 1.54) is 5.57 Å². The van der Waals surface area contributed by atoms with Gasteiger partial charge in [-0.2, -0.15) is 0 Å². The van der Waals surface area contributed by atoms with Gasteiger partial charge in [-0.15, -0.1) is 0 Å². The lowest BCUT2D eigenvalue weighted by Gasteiger charge is -2.30. The summed E-state index contributed by atoms with van der Waals surface area (Å²) in [6, 6.07) is 0. The zero-order valence-corrected chi connectivity index (χ0v) is 9.47. The van der Waals surface area contributed by atoms with Crippen molar-refractivity contribution in [3.8, 4) is 0 Å². The summed E-state index contributed by atoms with van der Waals surface area (Å²) in [7, 11) is 0. The van der Waals surface area contributed by atoms with Crippen molar-refractivity contribution in [2.75, 3.05) is 0 Å². The molecule has 1 fully saturated rings. The van der Waals surface area contributed by atoms with Crippen molar-refractivity contribution in [3.05, 3.63) is 11.6 Å². The van der Waals surface area contributed by atoms with Gasteiger partial charge in [-0.25, -0.2) is 0 Å². The molecule has 13 heavy (non-hydrogen) atoms. The molecule has 1 heterocycles. The van der Waals surface area contributed by atoms with Crippen LogP contribution >= 0.6 is 0 Å². The van der Waals surface area contributed by atoms with Crippen LogP contribution in [0.15, 0.2) is 11.6 Å². The highest BCUT2D eigenvalue weighted by Crippen LogP contribution is 2.38. The minimum absolute atomic E-state index is 0.185. The maximum absolute atomic E-state index is 5.78. The van der Waals surface area contributed by atoms with E-state index in [1.54, 1.807) is 0 Å². The van der Waals surface area contributed by atoms with Gasteiger partial charge < -0.3 is 9.47 Å². The van der Waals surface area contributed by atoms with E-state index in [4.69, 9.17) is 9.47 Å². The molecule has 0 aliphatic carbocycles. The van der Waals surface area contributed by atoms with Crippen LogP contribution in [0.1, 0.15) is 41.5 Å². The number of hydrogen-bond acceptors (Lipinski definition) is 2. The Morgan fingerprint density at radius 1 is 1.00 bits per heavy atom. The van der Waals surface area contributed by atoms with E-state index in [1.807, 2.05) is 19.9 Å². The molecule has 0 bridgehead atoms. The largest absolute Gasteiger partial charge is 0.340 e. The van der Waals surface area contributed by atoms with Crippen LogP contribution in [0.3, 0.4) is 0 Å². The second kappa shape index (κ2) is 3.10. The molecule has 1 aliphatic heterocycles. The summed E-state index contributed by atoms with van der Waals surface area (Å²) in [4.78, 5) is 0. The molecule has 2 heteroatoms. The van der Waals surface area contributed by atoms with Crippen molar-refractivity contribution in [1.29, 1.82) is 0 Å². The molecule has 0 aromatic rings. The van der Waals surface area contributed by atoms with Gasteiger partial charge in [0.05, 0.1) is 11.2 Å². The molecule has 0 spiro atoms. The zero-order chi connectivity index (χ0) is 10.3. The molecule has 0 saturated carbocycles. The van der Waals surface area contributed by atoms with Crippen LogP contribution in [0.4, 0.5) is 0 Å². The van der Waals surface area contributed by atoms with Crippen molar-refractivity contribution in [3.63, 3.8) is 0 Å². The van der Waals surface area contributed by atoms with Crippen molar-refractivity contribution in [2.24, 2.45) is 0 Å². The predicted molar refractivity (Wildman–Crippen MR) is 53.5 cm³/mol. The van der Waals surface area contributed by atoms with E-state index >= 15 is 0 Å². The summed E-state index contributed by atoms with van der Waals surface area (Å²) < 4.78 is 11.6. The molecule has 76 valence electrons. The van der Waals surface area contributed by atoms with Crippen molar-refractivity contribution in [2.45, 2.75) is 59.0 Å². The molecule has 0 radical (unpaired) electrons. The maximum atomic E-state index is 5.78. The van der Waals surface area contributed by atoms with Crippen LogP contribution in [0, 0.1) is 0 Å². The Bertz CT molecular complexity index is 206. The SMILES string of the molecule is CC(C)=CC1OC(C)(C)C(C)(C)O1. The lowest BCUT2D eigenvalue weighted by Crippen LogP contribution is -2.41. The monoisotopic (exact) mass is 184 g/mol. The Balaban J connectivity index is 2.77. The molecule has 2 nitrogen and oxygen atoms in total. The Morgan fingerprint density at radius 3 is 1.69 bits per heavy atom. The second-order valence-corrected chi connectivity index (χ2v) is 4.87. The highest BCUT2D eigenvalue weighted by Gasteiger charge is 2.48. The number of ether oxygens (including phenoxy) is 2. The molecule has 0 N–H and O–H groups in total. The van der Waals surface area contributed by atoms with Crippen LogP contribution in [0.2, 0.25) is 0 Å². The third-order valence-electron chi connectivity index (χ3n) is 2.74. The van der Waals surface area contributed by atoms with Crippen LogP contribution in [0.5, 0.6) is 0 Å². The number of allylic oxidation sites excluding steroid dienone is 1. The van der Waals surface area contributed by atoms with E-state index in [0.29, 0.717) is 0 Å². The van der Waals surface area contributed by atoms with E-state index in [-0.39, 0.29) is 17.5 Å². The maximum Gasteiger partial charge on any atom is 0.178 e. The molecule has 1 rings (SSSR count). The van der Waals surface area contributed by atoms with Crippen LogP contribution < -0.4 is 0 Å². The fraction of sp³-hybridized carbons (Fsp3) is 0.818. The Labute approximate surface area is 80.9 Å². The van der Waals surface area contributed by atoms with Gasteiger partial charge in [0.2, 0.25) is 0 Å². The van der Waals surface area contributed by atoms with Gasteiger partial charge in [0.15, 0.2) is 6.29 Å². The average molecular weight is 184 g/mol. The highest BCUT2D eigenvalue weighted by atomic mass is 16.7. The van der Waals surface area contributed by atoms with Gasteiger partial charge in [0.25, 0.3) is 0 Å². The summed E-state index contributed by atoms with van der Waals surface area (Å²) >= 11 is 0. The normalized spacial score (nSPS) is 26.0. The molecule has 1 aliphatic rings. The van der Waals surface area contributed by atoms with Gasteiger partial charge in [0.1, 0.15) is 0 Å². The van der Waals surface area contributed by atoms with Crippen molar-refractivity contribution < 1.29 is 9.47 Å². The Kier molecular flexibility index (Phi) is 2.56. The second-order valence-electron chi connectivity index (χ2n) is 4.87. The van der Waals surface area contributed by atoms with Gasteiger partial charge in [-0.05, 0) is 47.6 Å². The summed E-state index contributed by atoms with van der Waals surface area (Å²) in [6.07, 6.45) is 1.83. The molecule has 0 unspecified atom stereocenters. The zero-order valence-electron chi connectivity index (χ0n) is 9.47. The quantitative estimate of drug-likeness (QED) is 0.583. The Hall–Kier alpha value is -0.340. The first-order valence-corrected chi connectivity index (χ1v) is 4.75. The van der Waals surface area contributed by atoms with Crippen molar-refractivity contribution in [1.82, 2.24) is 0 Å². The van der Waals surface area contributed by atoms with Gasteiger partial charge in [0, 0.05) is 0 Å². The average Bonchev–Trinajstić information content (AvgIpc) is 1.98. The molecule has 1 saturated heterocycles. The summed E-state index contributed by atoms with van der Waals surface area (Å²) in [5, 5.41) is 0. The van der Waals surface area contributed by atoms with E-state index in [2.05, 4.69) is 27.7 Å². The first kappa shape index (κ1) is 10.7. The molecule has 0 aromatic carbocycles. The van der Waals surface area contributed by atoms with Crippen LogP contribution in [0.25, 0.3) is 0 Å². The number of hydrogen-bond donors (Lipinski definition) is 0. The van der Waals surface area contributed by atoms with E-state index in [9.17, 15) is 0 Å². The summed E-state index contributed by atoms with van der Waals surface area (Å²) in [5.41, 5.74) is 0.784. The minimum Gasteiger partial charge on any atom is -0.340 e. The molecule has 0 aromatic heterocycles. The van der Waals surface area contributed by atoms with E-state index < -0.39 is 0 Å². The minimum atomic E-state index is -0.219. The highest BCUT2D eigenvalue weighted by molar-refractivity contribution is 5.03. The van der Waals surface area contributed by atoms with Crippen LogP contribution in [-0.4, -0.2) is 17.5 Å². The molecule has 0 amide bonds. The summed E-state index contributed by atoms with van der Waals surface area (Å²) in [5.74, 6) is 0. The first-order chi connectivity index (χ1) is 5.74. The molecular formula is C11H20O2. The topological polar surface area (TPSA) is 18.5 Å². The third-order valence-corrected chi connectivity index (χ3v) is 2.74. The fourth-order valence-corrected chi connectivity index (χ4v) is 1.23.